The molecule has 0 unspecified atom stereocenters. The standard InChI is InChI=1S/C25H25ClN2O2.C24H23ClN2O2.C24H23FN2O2/c1-14-7-6-8-18-21(14)23(16-9-11-17(26)12-10-16)27-19(13-20(29)25(3,4)5)24-22(18)15(2)28-30-24;2*1-14-21-17-7-5-6-8-18(17)22(15-9-11-16(25)12-10-15)26-19(23(21)29-27-14)13-20(28)24(2,3)4/h6-12,19H,13H2,1-5H3;2*5-12,19H,13H2,1-4H3/t3*19-/m000/s1. The third-order valence-corrected chi connectivity index (χ3v) is 16.6. The van der Waals surface area contributed by atoms with Gasteiger partial charge in [0.05, 0.1) is 50.9 Å². The van der Waals surface area contributed by atoms with Crippen molar-refractivity contribution >= 4 is 57.7 Å². The molecule has 0 saturated heterocycles. The first kappa shape index (κ1) is 62.5. The zero-order valence-corrected chi connectivity index (χ0v) is 53.4. The maximum absolute atomic E-state index is 13.5. The highest BCUT2D eigenvalue weighted by Gasteiger charge is 2.38. The molecule has 0 saturated carbocycles. The third-order valence-electron chi connectivity index (χ3n) is 16.1. The number of halogens is 3. The van der Waals surface area contributed by atoms with Gasteiger partial charge >= 0.3 is 0 Å². The highest BCUT2D eigenvalue weighted by Crippen LogP contribution is 2.46. The quantitative estimate of drug-likeness (QED) is 0.137. The Morgan fingerprint density at radius 2 is 0.705 bits per heavy atom. The number of nitrogens with zero attached hydrogens (tertiary/aromatic N) is 6. The Morgan fingerprint density at radius 1 is 0.398 bits per heavy atom. The molecule has 3 atom stereocenters. The van der Waals surface area contributed by atoms with Gasteiger partial charge in [-0.3, -0.25) is 29.4 Å². The predicted octanol–water partition coefficient (Wildman–Crippen LogP) is 18.4. The van der Waals surface area contributed by atoms with E-state index in [1.165, 1.54) is 12.1 Å². The van der Waals surface area contributed by atoms with Crippen molar-refractivity contribution < 1.29 is 32.3 Å². The number of carbonyl (C=O) groups is 3. The van der Waals surface area contributed by atoms with Crippen LogP contribution in [0.2, 0.25) is 10.0 Å². The van der Waals surface area contributed by atoms with Gasteiger partial charge in [-0.15, -0.1) is 0 Å². The van der Waals surface area contributed by atoms with Crippen LogP contribution < -0.4 is 0 Å². The number of aliphatic imine (C=N–C) groups is 3. The van der Waals surface area contributed by atoms with Crippen LogP contribution in [0.3, 0.4) is 0 Å². The van der Waals surface area contributed by atoms with Crippen molar-refractivity contribution in [3.8, 4) is 33.4 Å². The van der Waals surface area contributed by atoms with E-state index < -0.39 is 34.4 Å². The Labute approximate surface area is 523 Å². The Morgan fingerprint density at radius 3 is 1.07 bits per heavy atom. The average Bonchev–Trinajstić information content (AvgIpc) is 2.39. The molecule has 88 heavy (non-hydrogen) atoms. The molecule has 9 aromatic rings. The molecule has 12 rings (SSSR count). The molecule has 450 valence electrons. The maximum atomic E-state index is 13.5. The lowest BCUT2D eigenvalue weighted by Crippen LogP contribution is -2.22. The van der Waals surface area contributed by atoms with Crippen LogP contribution in [0.25, 0.3) is 33.4 Å². The second-order valence-electron chi connectivity index (χ2n) is 25.7. The Kier molecular flexibility index (Phi) is 17.7. The Balaban J connectivity index is 0.000000146. The molecule has 3 aliphatic rings. The molecule has 6 aromatic carbocycles. The topological polar surface area (TPSA) is 166 Å². The number of fused-ring (bicyclic) bond motifs is 9. The fourth-order valence-electron chi connectivity index (χ4n) is 11.0. The SMILES string of the molecule is Cc1cccc2c1C(c1ccc(Cl)cc1)=N[C@@H](CC(=O)C(C)(C)C)c1onc(C)c1-2.Cc1noc2c1-c1ccccc1C(c1ccc(Cl)cc1)=N[C@H]2CC(=O)C(C)(C)C.Cc1noc2c1-c1ccccc1C(c1ccc(F)cc1)=N[C@H]2CC(=O)C(C)(C)C. The van der Waals surface area contributed by atoms with Gasteiger partial charge in [0.15, 0.2) is 17.3 Å². The number of benzene rings is 6. The van der Waals surface area contributed by atoms with E-state index in [1.54, 1.807) is 12.1 Å². The van der Waals surface area contributed by atoms with Gasteiger partial charge in [0.25, 0.3) is 0 Å². The minimum absolute atomic E-state index is 0.0932. The number of Topliss-reactive ketones (excluding diaryl/α,β-unsaturated/α-hetero) is 3. The summed E-state index contributed by atoms with van der Waals surface area (Å²) in [5.41, 5.74) is 15.9. The number of ketones is 3. The molecule has 0 N–H and O–H groups in total. The molecular weight excluding hydrogens is 1150 g/mol. The molecule has 15 heteroatoms. The van der Waals surface area contributed by atoms with E-state index >= 15 is 0 Å². The summed E-state index contributed by atoms with van der Waals surface area (Å²) in [6, 6.07) is 42.4. The molecule has 0 spiro atoms. The summed E-state index contributed by atoms with van der Waals surface area (Å²) in [4.78, 5) is 53.8. The minimum atomic E-state index is -0.495. The van der Waals surface area contributed by atoms with Gasteiger partial charge in [0.1, 0.15) is 41.3 Å². The molecule has 0 bridgehead atoms. The number of aryl methyl sites for hydroxylation is 4. The summed E-state index contributed by atoms with van der Waals surface area (Å²) >= 11 is 12.2. The first-order valence-corrected chi connectivity index (χ1v) is 30.2. The summed E-state index contributed by atoms with van der Waals surface area (Å²) in [7, 11) is 0. The molecule has 0 radical (unpaired) electrons. The van der Waals surface area contributed by atoms with Crippen molar-refractivity contribution in [1.29, 1.82) is 0 Å². The second kappa shape index (κ2) is 24.9. The van der Waals surface area contributed by atoms with Gasteiger partial charge in [-0.05, 0) is 98.5 Å². The number of aromatic nitrogens is 3. The van der Waals surface area contributed by atoms with E-state index in [2.05, 4.69) is 40.6 Å². The average molecular weight is 1220 g/mol. The molecule has 3 aliphatic heterocycles. The van der Waals surface area contributed by atoms with E-state index in [-0.39, 0.29) is 42.4 Å². The smallest absolute Gasteiger partial charge is 0.169 e. The van der Waals surface area contributed by atoms with E-state index in [9.17, 15) is 18.8 Å². The van der Waals surface area contributed by atoms with Crippen molar-refractivity contribution in [3.63, 3.8) is 0 Å². The number of hydrogen-bond acceptors (Lipinski definition) is 12. The largest absolute Gasteiger partial charge is 0.358 e. The van der Waals surface area contributed by atoms with Crippen molar-refractivity contribution in [2.75, 3.05) is 0 Å². The molecule has 12 nitrogen and oxygen atoms in total. The van der Waals surface area contributed by atoms with Crippen LogP contribution in [-0.4, -0.2) is 50.0 Å². The Bertz CT molecular complexity index is 4050. The molecule has 6 heterocycles. The van der Waals surface area contributed by atoms with Gasteiger partial charge in [0, 0.05) is 78.9 Å². The van der Waals surface area contributed by atoms with Crippen molar-refractivity contribution in [2.24, 2.45) is 31.2 Å². The lowest BCUT2D eigenvalue weighted by molar-refractivity contribution is -0.127. The summed E-state index contributed by atoms with van der Waals surface area (Å²) in [6.07, 6.45) is 0.731. The maximum Gasteiger partial charge on any atom is 0.169 e. The lowest BCUT2D eigenvalue weighted by Gasteiger charge is -2.19. The van der Waals surface area contributed by atoms with E-state index in [1.807, 2.05) is 180 Å². The van der Waals surface area contributed by atoms with Gasteiger partial charge in [0.2, 0.25) is 0 Å². The summed E-state index contributed by atoms with van der Waals surface area (Å²) in [5.74, 6) is 1.96. The Hall–Kier alpha value is -8.52. The van der Waals surface area contributed by atoms with Crippen LogP contribution in [0.15, 0.2) is 168 Å². The zero-order valence-electron chi connectivity index (χ0n) is 51.9. The second-order valence-corrected chi connectivity index (χ2v) is 26.6. The molecule has 0 amide bonds. The van der Waals surface area contributed by atoms with Crippen LogP contribution in [-0.2, 0) is 14.4 Å². The predicted molar refractivity (Wildman–Crippen MR) is 346 cm³/mol. The molecular formula is C73H71Cl2FN6O6. The first-order chi connectivity index (χ1) is 41.7. The summed E-state index contributed by atoms with van der Waals surface area (Å²) in [6.45, 7) is 25.1. The monoisotopic (exact) mass is 1220 g/mol. The summed E-state index contributed by atoms with van der Waals surface area (Å²) < 4.78 is 30.7. The number of carbonyl (C=O) groups excluding carboxylic acids is 3. The minimum Gasteiger partial charge on any atom is -0.358 e. The van der Waals surface area contributed by atoms with Crippen LogP contribution in [0.4, 0.5) is 4.39 Å². The fourth-order valence-corrected chi connectivity index (χ4v) is 11.3. The van der Waals surface area contributed by atoms with Crippen molar-refractivity contribution in [1.82, 2.24) is 15.5 Å². The van der Waals surface area contributed by atoms with E-state index in [0.29, 0.717) is 27.3 Å². The summed E-state index contributed by atoms with van der Waals surface area (Å²) in [5, 5.41) is 13.9. The number of rotatable bonds is 9. The normalized spacial score (nSPS) is 15.9. The third kappa shape index (κ3) is 13.0. The van der Waals surface area contributed by atoms with Crippen LogP contribution in [0.1, 0.15) is 173 Å². The van der Waals surface area contributed by atoms with Crippen LogP contribution in [0.5, 0.6) is 0 Å². The lowest BCUT2D eigenvalue weighted by atomic mass is 9.86. The van der Waals surface area contributed by atoms with E-state index in [4.69, 9.17) is 51.7 Å². The van der Waals surface area contributed by atoms with Gasteiger partial charge in [-0.2, -0.15) is 0 Å². The van der Waals surface area contributed by atoms with Crippen LogP contribution in [0, 0.1) is 49.8 Å². The number of hydrogen-bond donors (Lipinski definition) is 0. The van der Waals surface area contributed by atoms with Crippen molar-refractivity contribution in [3.05, 3.63) is 229 Å². The molecule has 0 aliphatic carbocycles. The fraction of sp³-hybridized carbons (Fsp3) is 0.301. The van der Waals surface area contributed by atoms with Crippen molar-refractivity contribution in [2.45, 2.75) is 127 Å². The van der Waals surface area contributed by atoms with Gasteiger partial charge in [-0.25, -0.2) is 4.39 Å². The molecule has 0 fully saturated rings. The highest BCUT2D eigenvalue weighted by atomic mass is 35.5. The van der Waals surface area contributed by atoms with Crippen LogP contribution >= 0.6 is 23.2 Å². The first-order valence-electron chi connectivity index (χ1n) is 29.5. The zero-order chi connectivity index (χ0) is 63.1. The molecule has 3 aromatic heterocycles. The highest BCUT2D eigenvalue weighted by molar-refractivity contribution is 6.31. The van der Waals surface area contributed by atoms with E-state index in [0.717, 1.165) is 107 Å². The van der Waals surface area contributed by atoms with Gasteiger partial charge < -0.3 is 13.6 Å². The van der Waals surface area contributed by atoms with Gasteiger partial charge in [-0.1, -0.05) is 192 Å².